The third-order valence-corrected chi connectivity index (χ3v) is 8.89. The fourth-order valence-electron chi connectivity index (χ4n) is 7.09. The molecule has 9 rings (SSSR count). The highest BCUT2D eigenvalue weighted by Gasteiger charge is 2.45. The van der Waals surface area contributed by atoms with E-state index in [0.29, 0.717) is 4.48 Å². The van der Waals surface area contributed by atoms with Crippen molar-refractivity contribution in [2.24, 2.45) is 0 Å². The van der Waals surface area contributed by atoms with Crippen LogP contribution in [0.4, 0.5) is 17.1 Å². The molecule has 0 bridgehead atoms. The van der Waals surface area contributed by atoms with Crippen molar-refractivity contribution in [3.8, 4) is 11.1 Å². The van der Waals surface area contributed by atoms with E-state index in [0.717, 1.165) is 16.6 Å². The van der Waals surface area contributed by atoms with Gasteiger partial charge in [-0.3, -0.25) is 0 Å². The monoisotopic (exact) mass is 498 g/mol. The van der Waals surface area contributed by atoms with E-state index in [4.69, 9.17) is 4.42 Å². The van der Waals surface area contributed by atoms with Crippen LogP contribution in [-0.2, 0) is 0 Å². The van der Waals surface area contributed by atoms with Crippen LogP contribution in [0.3, 0.4) is 0 Å². The minimum absolute atomic E-state index is 0.555. The Morgan fingerprint density at radius 2 is 1.03 bits per heavy atom. The Labute approximate surface area is 225 Å². The first-order chi connectivity index (χ1) is 19.2. The molecule has 8 aromatic rings. The summed E-state index contributed by atoms with van der Waals surface area (Å²) in [4.78, 5) is 0. The molecular weight excluding hydrogens is 474 g/mol. The van der Waals surface area contributed by atoms with E-state index < -0.39 is 0 Å². The lowest BCUT2D eigenvalue weighted by Crippen LogP contribution is -2.31. The van der Waals surface area contributed by atoms with Crippen LogP contribution in [0, 0.1) is 0 Å². The second kappa shape index (κ2) is 7.35. The number of quaternary nitrogens is 1. The zero-order chi connectivity index (χ0) is 25.7. The Bertz CT molecular complexity index is 2270. The molecule has 182 valence electrons. The van der Waals surface area contributed by atoms with Gasteiger partial charge < -0.3 is 4.42 Å². The Balaban J connectivity index is 1.43. The van der Waals surface area contributed by atoms with E-state index in [1.54, 1.807) is 0 Å². The third kappa shape index (κ3) is 2.59. The summed E-state index contributed by atoms with van der Waals surface area (Å²) in [5.41, 5.74) is 8.10. The summed E-state index contributed by atoms with van der Waals surface area (Å²) in [6.07, 6.45) is 0. The van der Waals surface area contributed by atoms with E-state index in [1.807, 2.05) is 6.07 Å². The smallest absolute Gasteiger partial charge is 0.197 e. The van der Waals surface area contributed by atoms with E-state index in [-0.39, 0.29) is 0 Å². The van der Waals surface area contributed by atoms with Crippen LogP contribution in [0.5, 0.6) is 0 Å². The van der Waals surface area contributed by atoms with Crippen LogP contribution >= 0.6 is 0 Å². The van der Waals surface area contributed by atoms with Crippen molar-refractivity contribution < 1.29 is 4.42 Å². The maximum Gasteiger partial charge on any atom is 0.197 e. The third-order valence-electron chi connectivity index (χ3n) is 8.89. The summed E-state index contributed by atoms with van der Waals surface area (Å²) in [5.74, 6) is 0. The number of rotatable bonds is 1. The predicted octanol–water partition coefficient (Wildman–Crippen LogP) is 10.6. The molecule has 1 aromatic heterocycles. The van der Waals surface area contributed by atoms with E-state index in [2.05, 4.69) is 128 Å². The number of hydrogen-bond donors (Lipinski definition) is 0. The van der Waals surface area contributed by atoms with Gasteiger partial charge in [0.25, 0.3) is 0 Å². The molecule has 1 unspecified atom stereocenters. The number of furan rings is 1. The molecule has 0 amide bonds. The van der Waals surface area contributed by atoms with Crippen LogP contribution in [-0.4, -0.2) is 7.05 Å². The van der Waals surface area contributed by atoms with Gasteiger partial charge in [-0.05, 0) is 62.6 Å². The molecule has 7 aromatic carbocycles. The van der Waals surface area contributed by atoms with Crippen molar-refractivity contribution in [3.63, 3.8) is 0 Å². The second-order valence-corrected chi connectivity index (χ2v) is 10.8. The molecule has 2 nitrogen and oxygen atoms in total. The molecule has 1 aliphatic rings. The predicted molar refractivity (Wildman–Crippen MR) is 165 cm³/mol. The highest BCUT2D eigenvalue weighted by Crippen LogP contribution is 2.59. The van der Waals surface area contributed by atoms with Gasteiger partial charge in [-0.25, -0.2) is 4.48 Å². The van der Waals surface area contributed by atoms with Gasteiger partial charge in [-0.2, -0.15) is 0 Å². The minimum Gasteiger partial charge on any atom is -0.450 e. The van der Waals surface area contributed by atoms with Crippen LogP contribution in [0.1, 0.15) is 0 Å². The van der Waals surface area contributed by atoms with E-state index in [9.17, 15) is 0 Å². The summed E-state index contributed by atoms with van der Waals surface area (Å²) in [6, 6.07) is 46.3. The van der Waals surface area contributed by atoms with Gasteiger partial charge >= 0.3 is 0 Å². The quantitative estimate of drug-likeness (QED) is 0.162. The summed E-state index contributed by atoms with van der Waals surface area (Å²) in [6.45, 7) is 0. The first-order valence-electron chi connectivity index (χ1n) is 13.5. The Hall–Kier alpha value is -4.92. The van der Waals surface area contributed by atoms with Crippen LogP contribution < -0.4 is 4.48 Å². The first kappa shape index (κ1) is 21.1. The van der Waals surface area contributed by atoms with E-state index >= 15 is 0 Å². The van der Waals surface area contributed by atoms with Gasteiger partial charge in [-0.1, -0.05) is 78.9 Å². The summed E-state index contributed by atoms with van der Waals surface area (Å²) in [7, 11) is 2.32. The van der Waals surface area contributed by atoms with Crippen LogP contribution in [0.15, 0.2) is 132 Å². The molecule has 39 heavy (non-hydrogen) atoms. The van der Waals surface area contributed by atoms with Gasteiger partial charge in [0.1, 0.15) is 11.3 Å². The zero-order valence-corrected chi connectivity index (χ0v) is 21.5. The lowest BCUT2D eigenvalue weighted by molar-refractivity contribution is 0.615. The largest absolute Gasteiger partial charge is 0.450 e. The second-order valence-electron chi connectivity index (χ2n) is 10.8. The number of para-hydroxylation sites is 2. The topological polar surface area (TPSA) is 13.1 Å². The number of fused-ring (bicyclic) bond motifs is 13. The molecular formula is C37H24NO+. The molecule has 1 aliphatic heterocycles. The van der Waals surface area contributed by atoms with Gasteiger partial charge in [0.15, 0.2) is 17.0 Å². The standard InChI is InChI=1S/C37H24NO/c1-38(23-18-19-28-26-12-3-2-10-24(26)25-11-4-5-13-27(25)33(28)22-23)34-16-8-6-14-29(34)31-20-21-32-30-15-7-9-17-35(30)39-37(32)36(31)38/h2-22H,1H3/q+1. The minimum atomic E-state index is 0.555. The average molecular weight is 499 g/mol. The molecule has 0 saturated heterocycles. The van der Waals surface area contributed by atoms with Crippen LogP contribution in [0.25, 0.3) is 65.4 Å². The maximum atomic E-state index is 6.64. The molecule has 0 aliphatic carbocycles. The lowest BCUT2D eigenvalue weighted by atomic mass is 9.93. The SMILES string of the molecule is C[N+]1(c2ccc3c4ccccc4c4ccccc4c3c2)c2ccccc2-c2ccc3c(oc4ccccc43)c21. The molecule has 2 heteroatoms. The maximum absolute atomic E-state index is 6.64. The summed E-state index contributed by atoms with van der Waals surface area (Å²) < 4.78 is 7.20. The van der Waals surface area contributed by atoms with Crippen molar-refractivity contribution in [2.75, 3.05) is 7.05 Å². The number of nitrogens with zero attached hydrogens (tertiary/aromatic N) is 1. The normalized spacial score (nSPS) is 16.4. The molecule has 0 spiro atoms. The Morgan fingerprint density at radius 3 is 1.77 bits per heavy atom. The lowest BCUT2D eigenvalue weighted by Gasteiger charge is -2.30. The van der Waals surface area contributed by atoms with Gasteiger partial charge in [-0.15, -0.1) is 0 Å². The summed E-state index contributed by atoms with van der Waals surface area (Å²) >= 11 is 0. The van der Waals surface area contributed by atoms with Crippen molar-refractivity contribution in [1.82, 2.24) is 4.48 Å². The number of benzene rings is 7. The number of hydrogen-bond acceptors (Lipinski definition) is 1. The van der Waals surface area contributed by atoms with Crippen LogP contribution in [0.2, 0.25) is 0 Å². The molecule has 0 fully saturated rings. The van der Waals surface area contributed by atoms with Gasteiger partial charge in [0, 0.05) is 34.5 Å². The molecule has 2 heterocycles. The highest BCUT2D eigenvalue weighted by molar-refractivity contribution is 6.26. The Morgan fingerprint density at radius 1 is 0.462 bits per heavy atom. The van der Waals surface area contributed by atoms with E-state index in [1.165, 1.54) is 65.9 Å². The average Bonchev–Trinajstić information content (AvgIpc) is 3.51. The van der Waals surface area contributed by atoms with Gasteiger partial charge in [0.05, 0.1) is 12.6 Å². The van der Waals surface area contributed by atoms with Gasteiger partial charge in [0.2, 0.25) is 0 Å². The Kier molecular flexibility index (Phi) is 3.97. The fraction of sp³-hybridized carbons (Fsp3) is 0.0270. The zero-order valence-electron chi connectivity index (χ0n) is 21.5. The fourth-order valence-corrected chi connectivity index (χ4v) is 7.09. The van der Waals surface area contributed by atoms with Crippen molar-refractivity contribution in [3.05, 3.63) is 127 Å². The molecule has 1 atom stereocenters. The summed E-state index contributed by atoms with van der Waals surface area (Å²) in [5, 5.41) is 10.1. The van der Waals surface area contributed by atoms with Crippen molar-refractivity contribution in [1.29, 1.82) is 0 Å². The molecule has 0 N–H and O–H groups in total. The highest BCUT2D eigenvalue weighted by atomic mass is 16.3. The molecule has 0 saturated carbocycles. The van der Waals surface area contributed by atoms with Crippen molar-refractivity contribution >= 4 is 71.3 Å². The first-order valence-corrected chi connectivity index (χ1v) is 13.5. The molecule has 0 radical (unpaired) electrons. The van der Waals surface area contributed by atoms with Crippen molar-refractivity contribution in [2.45, 2.75) is 0 Å².